The first-order valence-electron chi connectivity index (χ1n) is 6.13. The molecule has 1 aromatic carbocycles. The summed E-state index contributed by atoms with van der Waals surface area (Å²) >= 11 is 0. The van der Waals surface area contributed by atoms with Crippen LogP contribution in [0.4, 0.5) is 13.2 Å². The van der Waals surface area contributed by atoms with E-state index in [0.29, 0.717) is 0 Å². The zero-order valence-corrected chi connectivity index (χ0v) is 12.5. The number of carbonyl (C=O) groups excluding carboxylic acids is 1. The molecule has 7 nitrogen and oxygen atoms in total. The topological polar surface area (TPSA) is 110 Å². The van der Waals surface area contributed by atoms with Crippen molar-refractivity contribution in [2.75, 3.05) is 6.61 Å². The van der Waals surface area contributed by atoms with Gasteiger partial charge < -0.3 is 19.1 Å². The molecule has 1 rings (SSSR count). The Bertz CT molecular complexity index is 657. The Morgan fingerprint density at radius 1 is 1.26 bits per heavy atom. The standard InChI is InChI=1S/C12H13F3O7S/c1-2-21-11(18)10(17)9(16)7-5-3-4-6-8(7)22-23(19,20)12(13,14)15/h3-6,9-10,16-17H,2H2,1H3/t9-,10+/m1/s1. The Hall–Kier alpha value is -1.85. The number of halogens is 3. The number of hydrogen-bond donors (Lipinski definition) is 2. The van der Waals surface area contributed by atoms with Crippen molar-refractivity contribution in [2.45, 2.75) is 24.6 Å². The zero-order chi connectivity index (χ0) is 17.8. The van der Waals surface area contributed by atoms with Gasteiger partial charge in [0, 0.05) is 5.56 Å². The molecule has 0 bridgehead atoms. The van der Waals surface area contributed by atoms with Crippen LogP contribution in [0.5, 0.6) is 5.75 Å². The van der Waals surface area contributed by atoms with Crippen molar-refractivity contribution in [3.05, 3.63) is 29.8 Å². The molecule has 11 heteroatoms. The summed E-state index contributed by atoms with van der Waals surface area (Å²) in [4.78, 5) is 11.3. The molecule has 0 saturated heterocycles. The SMILES string of the molecule is CCOC(=O)[C@@H](O)[C@H](O)c1ccccc1OS(=O)(=O)C(F)(F)F. The minimum Gasteiger partial charge on any atom is -0.464 e. The monoisotopic (exact) mass is 358 g/mol. The van der Waals surface area contributed by atoms with Crippen molar-refractivity contribution < 1.29 is 45.5 Å². The lowest BCUT2D eigenvalue weighted by Crippen LogP contribution is -2.31. The van der Waals surface area contributed by atoms with E-state index in [2.05, 4.69) is 8.92 Å². The third-order valence-electron chi connectivity index (χ3n) is 2.55. The van der Waals surface area contributed by atoms with Crippen LogP contribution in [0.15, 0.2) is 24.3 Å². The summed E-state index contributed by atoms with van der Waals surface area (Å²) in [7, 11) is -5.97. The van der Waals surface area contributed by atoms with Crippen molar-refractivity contribution in [2.24, 2.45) is 0 Å². The molecule has 0 aliphatic carbocycles. The molecule has 2 atom stereocenters. The van der Waals surface area contributed by atoms with Crippen molar-refractivity contribution in [3.63, 3.8) is 0 Å². The fourth-order valence-corrected chi connectivity index (χ4v) is 1.98. The lowest BCUT2D eigenvalue weighted by atomic mass is 10.0. The van der Waals surface area contributed by atoms with Crippen LogP contribution in [0.2, 0.25) is 0 Å². The molecule has 23 heavy (non-hydrogen) atoms. The van der Waals surface area contributed by atoms with Crippen molar-refractivity contribution >= 4 is 16.1 Å². The summed E-state index contributed by atoms with van der Waals surface area (Å²) in [6, 6.07) is 4.21. The van der Waals surface area contributed by atoms with Crippen molar-refractivity contribution in [1.82, 2.24) is 0 Å². The molecule has 0 radical (unpaired) electrons. The summed E-state index contributed by atoms with van der Waals surface area (Å²) in [5.41, 5.74) is -6.20. The normalized spacial score (nSPS) is 14.9. The third kappa shape index (κ3) is 4.56. The summed E-state index contributed by atoms with van der Waals surface area (Å²) < 4.78 is 67.4. The zero-order valence-electron chi connectivity index (χ0n) is 11.6. The first kappa shape index (κ1) is 19.2. The first-order valence-corrected chi connectivity index (χ1v) is 7.54. The molecule has 0 aliphatic rings. The van der Waals surface area contributed by atoms with Crippen LogP contribution in [0.1, 0.15) is 18.6 Å². The lowest BCUT2D eigenvalue weighted by molar-refractivity contribution is -0.159. The number of hydrogen-bond acceptors (Lipinski definition) is 7. The second kappa shape index (κ2) is 7.15. The van der Waals surface area contributed by atoms with Gasteiger partial charge in [-0.15, -0.1) is 0 Å². The van der Waals surface area contributed by atoms with E-state index in [9.17, 15) is 36.6 Å². The smallest absolute Gasteiger partial charge is 0.464 e. The van der Waals surface area contributed by atoms with E-state index in [-0.39, 0.29) is 6.61 Å². The second-order valence-electron chi connectivity index (χ2n) is 4.16. The second-order valence-corrected chi connectivity index (χ2v) is 5.70. The average Bonchev–Trinajstić information content (AvgIpc) is 2.45. The highest BCUT2D eigenvalue weighted by atomic mass is 32.2. The van der Waals surface area contributed by atoms with E-state index in [1.165, 1.54) is 13.0 Å². The molecule has 0 aromatic heterocycles. The number of alkyl halides is 3. The molecule has 2 N–H and O–H groups in total. The van der Waals surface area contributed by atoms with Crippen LogP contribution in [0.3, 0.4) is 0 Å². The Kier molecular flexibility index (Phi) is 5.97. The highest BCUT2D eigenvalue weighted by Crippen LogP contribution is 2.32. The fraction of sp³-hybridized carbons (Fsp3) is 0.417. The quantitative estimate of drug-likeness (QED) is 0.441. The fourth-order valence-electron chi connectivity index (χ4n) is 1.49. The molecule has 0 heterocycles. The average molecular weight is 358 g/mol. The molecule has 1 aromatic rings. The Morgan fingerprint density at radius 2 is 1.83 bits per heavy atom. The minimum atomic E-state index is -5.97. The number of ether oxygens (including phenoxy) is 1. The molecular weight excluding hydrogens is 345 g/mol. The van der Waals surface area contributed by atoms with Gasteiger partial charge in [0.15, 0.2) is 6.10 Å². The highest BCUT2D eigenvalue weighted by Gasteiger charge is 2.49. The van der Waals surface area contributed by atoms with Gasteiger partial charge in [0.25, 0.3) is 0 Å². The van der Waals surface area contributed by atoms with Gasteiger partial charge in [-0.1, -0.05) is 18.2 Å². The number of carbonyl (C=O) groups is 1. The van der Waals surface area contributed by atoms with E-state index >= 15 is 0 Å². The third-order valence-corrected chi connectivity index (χ3v) is 3.51. The maximum absolute atomic E-state index is 12.3. The van der Waals surface area contributed by atoms with Crippen molar-refractivity contribution in [3.8, 4) is 5.75 Å². The minimum absolute atomic E-state index is 0.108. The van der Waals surface area contributed by atoms with Gasteiger partial charge in [-0.2, -0.15) is 21.6 Å². The predicted octanol–water partition coefficient (Wildman–Crippen LogP) is 0.872. The number of aliphatic hydroxyl groups excluding tert-OH is 2. The molecule has 130 valence electrons. The molecule has 0 unspecified atom stereocenters. The van der Waals surface area contributed by atoms with Gasteiger partial charge in [-0.3, -0.25) is 0 Å². The Balaban J connectivity index is 3.14. The van der Waals surface area contributed by atoms with E-state index in [1.54, 1.807) is 0 Å². The number of benzene rings is 1. The van der Waals surface area contributed by atoms with E-state index in [0.717, 1.165) is 18.2 Å². The van der Waals surface area contributed by atoms with E-state index in [4.69, 9.17) is 0 Å². The summed E-state index contributed by atoms with van der Waals surface area (Å²) in [6.45, 7) is 1.33. The summed E-state index contributed by atoms with van der Waals surface area (Å²) in [6.07, 6.45) is -4.18. The van der Waals surface area contributed by atoms with Crippen molar-refractivity contribution in [1.29, 1.82) is 0 Å². The number of para-hydroxylation sites is 1. The maximum Gasteiger partial charge on any atom is 0.534 e. The summed E-state index contributed by atoms with van der Waals surface area (Å²) in [5.74, 6) is -2.10. The Labute approximate surface area is 129 Å². The molecule has 0 aliphatic heterocycles. The van der Waals surface area contributed by atoms with Crippen LogP contribution in [-0.4, -0.2) is 42.8 Å². The number of aliphatic hydroxyl groups is 2. The Morgan fingerprint density at radius 3 is 2.35 bits per heavy atom. The lowest BCUT2D eigenvalue weighted by Gasteiger charge is -2.19. The van der Waals surface area contributed by atoms with Crippen LogP contribution in [-0.2, 0) is 19.6 Å². The van der Waals surface area contributed by atoms with Gasteiger partial charge in [0.05, 0.1) is 6.61 Å². The van der Waals surface area contributed by atoms with E-state index < -0.39 is 45.1 Å². The first-order chi connectivity index (χ1) is 10.5. The number of esters is 1. The highest BCUT2D eigenvalue weighted by molar-refractivity contribution is 7.88. The molecular formula is C12H13F3O7S. The van der Waals surface area contributed by atoms with Crippen LogP contribution < -0.4 is 4.18 Å². The maximum atomic E-state index is 12.3. The number of rotatable bonds is 6. The van der Waals surface area contributed by atoms with E-state index in [1.807, 2.05) is 0 Å². The van der Waals surface area contributed by atoms with Crippen LogP contribution in [0.25, 0.3) is 0 Å². The van der Waals surface area contributed by atoms with Crippen LogP contribution >= 0.6 is 0 Å². The van der Waals surface area contributed by atoms with Crippen LogP contribution in [0, 0.1) is 0 Å². The molecule has 0 amide bonds. The molecule has 0 saturated carbocycles. The van der Waals surface area contributed by atoms with Gasteiger partial charge in [-0.05, 0) is 13.0 Å². The van der Waals surface area contributed by atoms with Gasteiger partial charge in [0.1, 0.15) is 11.9 Å². The molecule has 0 fully saturated rings. The van der Waals surface area contributed by atoms with Gasteiger partial charge in [0.2, 0.25) is 0 Å². The van der Waals surface area contributed by atoms with Gasteiger partial charge in [-0.25, -0.2) is 4.79 Å². The predicted molar refractivity (Wildman–Crippen MR) is 69.6 cm³/mol. The molecule has 0 spiro atoms. The summed E-state index contributed by atoms with van der Waals surface area (Å²) in [5, 5.41) is 19.5. The largest absolute Gasteiger partial charge is 0.534 e. The van der Waals surface area contributed by atoms with Gasteiger partial charge >= 0.3 is 21.6 Å².